The van der Waals surface area contributed by atoms with Crippen molar-refractivity contribution in [2.24, 2.45) is 5.92 Å². The minimum absolute atomic E-state index is 0.0812. The quantitative estimate of drug-likeness (QED) is 0.625. The van der Waals surface area contributed by atoms with E-state index >= 15 is 0 Å². The lowest BCUT2D eigenvalue weighted by Gasteiger charge is -2.18. The zero-order valence-corrected chi connectivity index (χ0v) is 12.0. The Kier molecular flexibility index (Phi) is 5.34. The Bertz CT molecular complexity index is 475. The molecule has 0 spiro atoms. The average Bonchev–Trinajstić information content (AvgIpc) is 2.94. The van der Waals surface area contributed by atoms with Crippen molar-refractivity contribution in [3.63, 3.8) is 0 Å². The van der Waals surface area contributed by atoms with E-state index in [1.165, 1.54) is 25.0 Å². The number of hydrogen-bond acceptors (Lipinski definition) is 4. The van der Waals surface area contributed by atoms with Gasteiger partial charge in [-0.05, 0) is 30.4 Å². The summed E-state index contributed by atoms with van der Waals surface area (Å²) < 4.78 is 0. The first kappa shape index (κ1) is 15.2. The molecule has 20 heavy (non-hydrogen) atoms. The molecule has 0 heterocycles. The molecule has 1 aliphatic rings. The fourth-order valence-electron chi connectivity index (χ4n) is 2.68. The maximum absolute atomic E-state index is 10.8. The second-order valence-electron chi connectivity index (χ2n) is 5.29. The Morgan fingerprint density at radius 1 is 1.45 bits per heavy atom. The van der Waals surface area contributed by atoms with Gasteiger partial charge in [0.2, 0.25) is 0 Å². The van der Waals surface area contributed by atoms with Gasteiger partial charge >= 0.3 is 0 Å². The van der Waals surface area contributed by atoms with E-state index in [-0.39, 0.29) is 16.8 Å². The number of benzene rings is 1. The van der Waals surface area contributed by atoms with Crippen LogP contribution in [0.5, 0.6) is 0 Å². The van der Waals surface area contributed by atoms with Gasteiger partial charge < -0.3 is 10.4 Å². The Balaban J connectivity index is 1.84. The highest BCUT2D eigenvalue weighted by atomic mass is 35.5. The number of nitrogens with one attached hydrogen (secondary N) is 1. The highest BCUT2D eigenvalue weighted by Gasteiger charge is 2.22. The number of nitro groups is 1. The number of hydrogen-bond donors (Lipinski definition) is 2. The third kappa shape index (κ3) is 3.91. The Labute approximate surface area is 123 Å². The summed E-state index contributed by atoms with van der Waals surface area (Å²) in [5, 5.41) is 24.1. The average molecular weight is 299 g/mol. The lowest BCUT2D eigenvalue weighted by Crippen LogP contribution is -2.31. The number of halogens is 1. The number of aliphatic hydroxyl groups excluding tert-OH is 1. The molecule has 0 bridgehead atoms. The highest BCUT2D eigenvalue weighted by molar-refractivity contribution is 6.32. The normalized spacial score (nSPS) is 17.3. The van der Waals surface area contributed by atoms with Crippen molar-refractivity contribution in [3.05, 3.63) is 38.9 Å². The van der Waals surface area contributed by atoms with Gasteiger partial charge in [0, 0.05) is 19.2 Å². The fourth-order valence-corrected chi connectivity index (χ4v) is 2.87. The molecule has 0 amide bonds. The molecular formula is C14H19ClN2O3. The van der Waals surface area contributed by atoms with E-state index in [4.69, 9.17) is 11.6 Å². The fraction of sp³-hybridized carbons (Fsp3) is 0.571. The van der Waals surface area contributed by atoms with Crippen LogP contribution in [0.15, 0.2) is 18.2 Å². The van der Waals surface area contributed by atoms with Gasteiger partial charge in [-0.3, -0.25) is 10.1 Å². The second kappa shape index (κ2) is 7.02. The summed E-state index contributed by atoms with van der Waals surface area (Å²) in [6.07, 6.45) is 4.25. The van der Waals surface area contributed by atoms with Crippen LogP contribution in [0.2, 0.25) is 5.02 Å². The first-order valence-electron chi connectivity index (χ1n) is 6.89. The summed E-state index contributed by atoms with van der Waals surface area (Å²) in [5.41, 5.74) is 0.710. The van der Waals surface area contributed by atoms with Gasteiger partial charge in [-0.1, -0.05) is 30.5 Å². The van der Waals surface area contributed by atoms with E-state index in [0.717, 1.165) is 18.4 Å². The molecule has 110 valence electrons. The molecule has 1 aromatic rings. The summed E-state index contributed by atoms with van der Waals surface area (Å²) in [6, 6.07) is 4.76. The molecule has 0 aromatic heterocycles. The van der Waals surface area contributed by atoms with E-state index in [1.54, 1.807) is 6.07 Å². The molecule has 1 saturated carbocycles. The van der Waals surface area contributed by atoms with Crippen LogP contribution in [-0.4, -0.2) is 22.7 Å². The second-order valence-corrected chi connectivity index (χ2v) is 5.69. The van der Waals surface area contributed by atoms with Gasteiger partial charge in [-0.25, -0.2) is 0 Å². The van der Waals surface area contributed by atoms with Crippen LogP contribution in [0.25, 0.3) is 0 Å². The highest BCUT2D eigenvalue weighted by Crippen LogP contribution is 2.27. The van der Waals surface area contributed by atoms with Crippen molar-refractivity contribution in [2.45, 2.75) is 38.3 Å². The van der Waals surface area contributed by atoms with E-state index in [2.05, 4.69) is 5.32 Å². The molecule has 2 rings (SSSR count). The molecule has 1 atom stereocenters. The van der Waals surface area contributed by atoms with Crippen LogP contribution in [0, 0.1) is 16.0 Å². The molecule has 1 aromatic carbocycles. The molecule has 0 radical (unpaired) electrons. The topological polar surface area (TPSA) is 75.4 Å². The summed E-state index contributed by atoms with van der Waals surface area (Å²) in [7, 11) is 0. The Hall–Kier alpha value is -1.17. The van der Waals surface area contributed by atoms with Crippen molar-refractivity contribution >= 4 is 17.3 Å². The van der Waals surface area contributed by atoms with Gasteiger partial charge in [0.05, 0.1) is 11.0 Å². The van der Waals surface area contributed by atoms with Crippen LogP contribution in [0.1, 0.15) is 31.2 Å². The summed E-state index contributed by atoms with van der Waals surface area (Å²) in [5.74, 6) is 0.391. The van der Waals surface area contributed by atoms with Gasteiger partial charge in [0.25, 0.3) is 5.69 Å². The lowest BCUT2D eigenvalue weighted by molar-refractivity contribution is -0.384. The maximum Gasteiger partial charge on any atom is 0.288 e. The van der Waals surface area contributed by atoms with Crippen molar-refractivity contribution in [1.82, 2.24) is 5.32 Å². The van der Waals surface area contributed by atoms with Crippen LogP contribution in [-0.2, 0) is 6.54 Å². The zero-order chi connectivity index (χ0) is 14.5. The van der Waals surface area contributed by atoms with Crippen molar-refractivity contribution < 1.29 is 10.0 Å². The summed E-state index contributed by atoms with van der Waals surface area (Å²) >= 11 is 5.76. The molecule has 5 nitrogen and oxygen atoms in total. The minimum Gasteiger partial charge on any atom is -0.392 e. The molecule has 1 aliphatic carbocycles. The third-order valence-electron chi connectivity index (χ3n) is 3.83. The van der Waals surface area contributed by atoms with Gasteiger partial charge in [-0.2, -0.15) is 0 Å². The molecule has 0 aliphatic heterocycles. The first-order chi connectivity index (χ1) is 9.58. The molecule has 2 N–H and O–H groups in total. The van der Waals surface area contributed by atoms with Gasteiger partial charge in [-0.15, -0.1) is 0 Å². The van der Waals surface area contributed by atoms with E-state index in [1.807, 2.05) is 0 Å². The molecule has 1 fully saturated rings. The van der Waals surface area contributed by atoms with Gasteiger partial charge in [0.15, 0.2) is 0 Å². The Morgan fingerprint density at radius 3 is 2.80 bits per heavy atom. The summed E-state index contributed by atoms with van der Waals surface area (Å²) in [4.78, 5) is 10.3. The SMILES string of the molecule is O=[N+]([O-])c1cc(CNCC(O)C2CCCC2)ccc1Cl. The predicted molar refractivity (Wildman–Crippen MR) is 77.8 cm³/mol. The number of nitrogens with zero attached hydrogens (tertiary/aromatic N) is 1. The van der Waals surface area contributed by atoms with Crippen molar-refractivity contribution in [3.8, 4) is 0 Å². The molecule has 1 unspecified atom stereocenters. The first-order valence-corrected chi connectivity index (χ1v) is 7.27. The van der Waals surface area contributed by atoms with Crippen LogP contribution < -0.4 is 5.32 Å². The van der Waals surface area contributed by atoms with Crippen LogP contribution in [0.4, 0.5) is 5.69 Å². The maximum atomic E-state index is 10.8. The van der Waals surface area contributed by atoms with Crippen molar-refractivity contribution in [1.29, 1.82) is 0 Å². The third-order valence-corrected chi connectivity index (χ3v) is 4.15. The number of nitro benzene ring substituents is 1. The molecule has 0 saturated heterocycles. The number of rotatable bonds is 6. The molecular weight excluding hydrogens is 280 g/mol. The standard InChI is InChI=1S/C14H19ClN2O3/c15-12-6-5-10(7-13(12)17(19)20)8-16-9-14(18)11-3-1-2-4-11/h5-7,11,14,16,18H,1-4,8-9H2. The monoisotopic (exact) mass is 298 g/mol. The van der Waals surface area contributed by atoms with Crippen molar-refractivity contribution in [2.75, 3.05) is 6.54 Å². The zero-order valence-electron chi connectivity index (χ0n) is 11.2. The smallest absolute Gasteiger partial charge is 0.288 e. The predicted octanol–water partition coefficient (Wildman–Crippen LogP) is 2.89. The largest absolute Gasteiger partial charge is 0.392 e. The summed E-state index contributed by atoms with van der Waals surface area (Å²) in [6.45, 7) is 1.00. The van der Waals surface area contributed by atoms with Crippen LogP contribution in [0.3, 0.4) is 0 Å². The van der Waals surface area contributed by atoms with E-state index in [0.29, 0.717) is 19.0 Å². The lowest BCUT2D eigenvalue weighted by atomic mass is 10.0. The number of aliphatic hydroxyl groups is 1. The van der Waals surface area contributed by atoms with E-state index in [9.17, 15) is 15.2 Å². The minimum atomic E-state index is -0.487. The Morgan fingerprint density at radius 2 is 2.15 bits per heavy atom. The molecule has 6 heteroatoms. The van der Waals surface area contributed by atoms with E-state index < -0.39 is 4.92 Å². The van der Waals surface area contributed by atoms with Gasteiger partial charge in [0.1, 0.15) is 5.02 Å². The van der Waals surface area contributed by atoms with Crippen LogP contribution >= 0.6 is 11.6 Å².